The summed E-state index contributed by atoms with van der Waals surface area (Å²) in [5.74, 6) is 0.354. The van der Waals surface area contributed by atoms with Crippen LogP contribution in [0, 0.1) is 12.8 Å². The van der Waals surface area contributed by atoms with Crippen LogP contribution in [0.4, 0.5) is 0 Å². The largest absolute Gasteiger partial charge is 0.352 e. The van der Waals surface area contributed by atoms with Gasteiger partial charge in [-0.15, -0.1) is 0 Å². The van der Waals surface area contributed by atoms with Crippen molar-refractivity contribution < 1.29 is 4.79 Å². The maximum Gasteiger partial charge on any atom is 0.254 e. The molecule has 0 saturated carbocycles. The van der Waals surface area contributed by atoms with E-state index >= 15 is 0 Å². The average molecular weight is 314 g/mol. The lowest BCUT2D eigenvalue weighted by Crippen LogP contribution is -2.31. The summed E-state index contributed by atoms with van der Waals surface area (Å²) in [5, 5.41) is 7.38. The van der Waals surface area contributed by atoms with Crippen LogP contribution in [-0.4, -0.2) is 28.8 Å². The van der Waals surface area contributed by atoms with Gasteiger partial charge in [0.15, 0.2) is 0 Å². The molecule has 2 rings (SSSR count). The maximum absolute atomic E-state index is 12.5. The van der Waals surface area contributed by atoms with Crippen LogP contribution in [0.1, 0.15) is 48.3 Å². The van der Waals surface area contributed by atoms with Gasteiger partial charge in [0, 0.05) is 6.54 Å². The van der Waals surface area contributed by atoms with Gasteiger partial charge in [0.05, 0.1) is 23.1 Å². The Balaban J connectivity index is 2.31. The molecule has 2 aromatic rings. The van der Waals surface area contributed by atoms with E-state index < -0.39 is 0 Å². The summed E-state index contributed by atoms with van der Waals surface area (Å²) in [6.45, 7) is 9.33. The molecule has 0 bridgehead atoms. The second kappa shape index (κ2) is 7.42. The minimum absolute atomic E-state index is 0.0904. The number of rotatable bonds is 6. The smallest absolute Gasteiger partial charge is 0.254 e. The molecule has 0 spiro atoms. The number of amides is 1. The number of nitrogens with two attached hydrogens (primary N) is 1. The van der Waals surface area contributed by atoms with Crippen LogP contribution in [0.25, 0.3) is 5.69 Å². The van der Waals surface area contributed by atoms with Crippen molar-refractivity contribution in [3.8, 4) is 5.69 Å². The summed E-state index contributed by atoms with van der Waals surface area (Å²) in [7, 11) is 0. The van der Waals surface area contributed by atoms with Crippen molar-refractivity contribution >= 4 is 5.91 Å². The quantitative estimate of drug-likeness (QED) is 0.861. The zero-order chi connectivity index (χ0) is 17.0. The Morgan fingerprint density at radius 3 is 2.48 bits per heavy atom. The standard InChI is InChI=1S/C18H26N4O/c1-12(2)17-16(18(23)20-10-14(4)9-19)11-21-22(17)15-7-5-13(3)6-8-15/h5-8,11-12,14H,9-10,19H2,1-4H3,(H,20,23). The number of aryl methyl sites for hydroxylation is 1. The van der Waals surface area contributed by atoms with E-state index in [9.17, 15) is 4.79 Å². The van der Waals surface area contributed by atoms with Crippen molar-refractivity contribution in [3.63, 3.8) is 0 Å². The van der Waals surface area contributed by atoms with E-state index in [2.05, 4.69) is 24.3 Å². The van der Waals surface area contributed by atoms with Crippen molar-refractivity contribution in [3.05, 3.63) is 47.3 Å². The lowest BCUT2D eigenvalue weighted by atomic mass is 10.0. The van der Waals surface area contributed by atoms with Gasteiger partial charge in [0.25, 0.3) is 5.91 Å². The molecular formula is C18H26N4O. The van der Waals surface area contributed by atoms with Crippen LogP contribution >= 0.6 is 0 Å². The molecule has 23 heavy (non-hydrogen) atoms. The Morgan fingerprint density at radius 2 is 1.91 bits per heavy atom. The summed E-state index contributed by atoms with van der Waals surface area (Å²) in [6, 6.07) is 8.13. The normalized spacial score (nSPS) is 12.4. The highest BCUT2D eigenvalue weighted by molar-refractivity contribution is 5.95. The van der Waals surface area contributed by atoms with Crippen LogP contribution in [0.2, 0.25) is 0 Å². The van der Waals surface area contributed by atoms with Crippen molar-refractivity contribution in [2.45, 2.75) is 33.6 Å². The fourth-order valence-corrected chi connectivity index (χ4v) is 2.43. The van der Waals surface area contributed by atoms with Gasteiger partial charge >= 0.3 is 0 Å². The zero-order valence-electron chi connectivity index (χ0n) is 14.3. The summed E-state index contributed by atoms with van der Waals surface area (Å²) in [4.78, 5) is 12.5. The molecule has 5 nitrogen and oxygen atoms in total. The lowest BCUT2D eigenvalue weighted by Gasteiger charge is -2.14. The molecule has 1 aromatic heterocycles. The van der Waals surface area contributed by atoms with Crippen LogP contribution in [0.15, 0.2) is 30.5 Å². The fraction of sp³-hybridized carbons (Fsp3) is 0.444. The minimum Gasteiger partial charge on any atom is -0.352 e. The Bertz CT molecular complexity index is 658. The number of benzene rings is 1. The van der Waals surface area contributed by atoms with Crippen LogP contribution in [0.5, 0.6) is 0 Å². The van der Waals surface area contributed by atoms with Crippen molar-refractivity contribution in [2.75, 3.05) is 13.1 Å². The van der Waals surface area contributed by atoms with Crippen LogP contribution < -0.4 is 11.1 Å². The molecule has 0 fully saturated rings. The summed E-state index contributed by atoms with van der Waals surface area (Å²) in [6.07, 6.45) is 1.65. The third-order valence-corrected chi connectivity index (χ3v) is 3.89. The van der Waals surface area contributed by atoms with Crippen molar-refractivity contribution in [2.24, 2.45) is 11.7 Å². The van der Waals surface area contributed by atoms with E-state index in [0.29, 0.717) is 18.7 Å². The Labute approximate surface area is 137 Å². The summed E-state index contributed by atoms with van der Waals surface area (Å²) >= 11 is 0. The number of carbonyl (C=O) groups is 1. The van der Waals surface area contributed by atoms with E-state index in [1.54, 1.807) is 6.20 Å². The number of carbonyl (C=O) groups excluding carboxylic acids is 1. The first-order valence-corrected chi connectivity index (χ1v) is 8.07. The van der Waals surface area contributed by atoms with Gasteiger partial charge in [-0.3, -0.25) is 4.79 Å². The number of hydrogen-bond donors (Lipinski definition) is 2. The minimum atomic E-state index is -0.0904. The molecule has 1 heterocycles. The SMILES string of the molecule is Cc1ccc(-n2ncc(C(=O)NCC(C)CN)c2C(C)C)cc1. The highest BCUT2D eigenvalue weighted by atomic mass is 16.1. The highest BCUT2D eigenvalue weighted by Gasteiger charge is 2.20. The predicted molar refractivity (Wildman–Crippen MR) is 92.9 cm³/mol. The third kappa shape index (κ3) is 3.99. The molecule has 1 amide bonds. The Kier molecular flexibility index (Phi) is 5.55. The molecule has 124 valence electrons. The molecule has 0 aliphatic rings. The molecule has 0 aliphatic carbocycles. The lowest BCUT2D eigenvalue weighted by molar-refractivity contribution is 0.0947. The molecule has 0 saturated heterocycles. The monoisotopic (exact) mass is 314 g/mol. The number of nitrogens with zero attached hydrogens (tertiary/aromatic N) is 2. The first-order valence-electron chi connectivity index (χ1n) is 8.07. The molecule has 5 heteroatoms. The van der Waals surface area contributed by atoms with Crippen molar-refractivity contribution in [1.82, 2.24) is 15.1 Å². The Morgan fingerprint density at radius 1 is 1.26 bits per heavy atom. The second-order valence-corrected chi connectivity index (χ2v) is 6.40. The van der Waals surface area contributed by atoms with Gasteiger partial charge in [-0.2, -0.15) is 5.10 Å². The van der Waals surface area contributed by atoms with Gasteiger partial charge in [-0.05, 0) is 37.4 Å². The highest BCUT2D eigenvalue weighted by Crippen LogP contribution is 2.23. The Hall–Kier alpha value is -2.14. The molecule has 3 N–H and O–H groups in total. The van der Waals surface area contributed by atoms with Crippen LogP contribution in [0.3, 0.4) is 0 Å². The van der Waals surface area contributed by atoms with E-state index in [1.165, 1.54) is 5.56 Å². The second-order valence-electron chi connectivity index (χ2n) is 6.40. The molecule has 1 atom stereocenters. The first kappa shape index (κ1) is 17.2. The van der Waals surface area contributed by atoms with E-state index in [-0.39, 0.29) is 17.7 Å². The maximum atomic E-state index is 12.5. The third-order valence-electron chi connectivity index (χ3n) is 3.89. The zero-order valence-corrected chi connectivity index (χ0v) is 14.3. The van der Waals surface area contributed by atoms with E-state index in [1.807, 2.05) is 42.8 Å². The van der Waals surface area contributed by atoms with Gasteiger partial charge in [0.2, 0.25) is 0 Å². The molecule has 0 aliphatic heterocycles. The van der Waals surface area contributed by atoms with Crippen molar-refractivity contribution in [1.29, 1.82) is 0 Å². The van der Waals surface area contributed by atoms with E-state index in [4.69, 9.17) is 5.73 Å². The van der Waals surface area contributed by atoms with Gasteiger partial charge < -0.3 is 11.1 Å². The number of nitrogens with one attached hydrogen (secondary N) is 1. The van der Waals surface area contributed by atoms with Gasteiger partial charge in [0.1, 0.15) is 0 Å². The average Bonchev–Trinajstić information content (AvgIpc) is 2.98. The molecule has 1 unspecified atom stereocenters. The molecular weight excluding hydrogens is 288 g/mol. The number of aromatic nitrogens is 2. The predicted octanol–water partition coefficient (Wildman–Crippen LogP) is 2.63. The van der Waals surface area contributed by atoms with Gasteiger partial charge in [-0.1, -0.05) is 38.5 Å². The van der Waals surface area contributed by atoms with E-state index in [0.717, 1.165) is 11.4 Å². The fourth-order valence-electron chi connectivity index (χ4n) is 2.43. The van der Waals surface area contributed by atoms with Crippen LogP contribution in [-0.2, 0) is 0 Å². The molecule has 0 radical (unpaired) electrons. The summed E-state index contributed by atoms with van der Waals surface area (Å²) in [5.41, 5.74) is 9.31. The summed E-state index contributed by atoms with van der Waals surface area (Å²) < 4.78 is 1.85. The molecule has 1 aromatic carbocycles. The number of hydrogen-bond acceptors (Lipinski definition) is 3. The van der Waals surface area contributed by atoms with Gasteiger partial charge in [-0.25, -0.2) is 4.68 Å². The first-order chi connectivity index (χ1) is 10.9. The topological polar surface area (TPSA) is 72.9 Å².